The molecule has 22 heteroatoms. The van der Waals surface area contributed by atoms with Crippen molar-refractivity contribution in [1.82, 2.24) is 31.1 Å². The summed E-state index contributed by atoms with van der Waals surface area (Å²) in [6.45, 7) is 6.46. The van der Waals surface area contributed by atoms with Gasteiger partial charge in [0.15, 0.2) is 0 Å². The third-order valence-corrected chi connectivity index (χ3v) is 8.62. The maximum absolute atomic E-state index is 12.8. The molecule has 0 bridgehead atoms. The molecule has 61 heavy (non-hydrogen) atoms. The molecule has 341 valence electrons. The third-order valence-electron chi connectivity index (χ3n) is 8.62. The Balaban J connectivity index is 0.0000360. The molecule has 3 atom stereocenters. The number of esters is 3. The maximum Gasteiger partial charge on any atom is 3.00 e. The zero-order valence-corrected chi connectivity index (χ0v) is 36.5. The van der Waals surface area contributed by atoms with E-state index >= 15 is 0 Å². The predicted octanol–water partition coefficient (Wildman–Crippen LogP) is 1.47. The van der Waals surface area contributed by atoms with Crippen molar-refractivity contribution in [2.45, 2.75) is 117 Å². The second kappa shape index (κ2) is 30.0. The molecule has 0 saturated heterocycles. The minimum atomic E-state index is -1.15. The molecule has 0 unspecified atom stereocenters. The summed E-state index contributed by atoms with van der Waals surface area (Å²) in [4.78, 5) is 111. The van der Waals surface area contributed by atoms with Gasteiger partial charge in [-0.2, -0.15) is 0 Å². The SMILES string of the molecule is CC(=O)N[C@H]1CCCN([O-])C(=O)C=C(C)CCOC(=O)[C@H](NC(C)=O)CCCN([O-])C(=O)/C=C(\C)CCOC(=O)[C@@H](NC(C)=O)CCCN([O-])C(=O)/C=C(\C)CCOC1=O.[Fe+3]. The van der Waals surface area contributed by atoms with Gasteiger partial charge in [0.2, 0.25) is 35.4 Å². The molecule has 3 N–H and O–H groups in total. The van der Waals surface area contributed by atoms with Crippen molar-refractivity contribution in [3.8, 4) is 0 Å². The summed E-state index contributed by atoms with van der Waals surface area (Å²) in [6.07, 6.45) is 3.14. The van der Waals surface area contributed by atoms with Gasteiger partial charge in [-0.3, -0.25) is 28.8 Å². The van der Waals surface area contributed by atoms with Crippen LogP contribution in [0.25, 0.3) is 0 Å². The van der Waals surface area contributed by atoms with Gasteiger partial charge >= 0.3 is 35.0 Å². The van der Waals surface area contributed by atoms with E-state index in [0.29, 0.717) is 16.7 Å². The maximum atomic E-state index is 12.8. The van der Waals surface area contributed by atoms with E-state index in [9.17, 15) is 58.8 Å². The van der Waals surface area contributed by atoms with Gasteiger partial charge in [0, 0.05) is 77.9 Å². The van der Waals surface area contributed by atoms with Gasteiger partial charge in [-0.15, -0.1) is 0 Å². The summed E-state index contributed by atoms with van der Waals surface area (Å²) >= 11 is 0. The van der Waals surface area contributed by atoms with E-state index < -0.39 is 71.5 Å². The van der Waals surface area contributed by atoms with Crippen molar-refractivity contribution < 1.29 is 74.4 Å². The van der Waals surface area contributed by atoms with Gasteiger partial charge in [-0.25, -0.2) is 14.4 Å². The number of hydroxylamine groups is 6. The number of carbonyl (C=O) groups excluding carboxylic acids is 9. The minimum Gasteiger partial charge on any atom is -0.756 e. The molecule has 0 aliphatic carbocycles. The summed E-state index contributed by atoms with van der Waals surface area (Å²) in [5.41, 5.74) is 1.16. The zero-order valence-electron chi connectivity index (χ0n) is 35.4. The van der Waals surface area contributed by atoms with E-state index in [2.05, 4.69) is 16.0 Å². The first-order valence-electron chi connectivity index (χ1n) is 19.5. The number of hydrogen-bond acceptors (Lipinski definition) is 15. The standard InChI is InChI=1S/C39H57N6O15.Fe/c1-25-13-19-58-37(52)31(40-28(4)46)11-8-17-44(56)35(50)23-27(3)15-21-60-39(54)33(42-30(6)48)12-9-18-45(57)36(51)24-26(2)14-20-59-38(53)32(41-29(5)47)10-7-16-43(55)34(49)22-25;/h22-24,31-33H,7-21H2,1-6H3,(H,40,46)(H,41,47)(H,42,48);/q-3;+3/b25-22+,26-24+,27-23?;/t31-,32-,33+;/m0./s1. The molecule has 1 radical (unpaired) electrons. The Morgan fingerprint density at radius 3 is 0.951 bits per heavy atom. The summed E-state index contributed by atoms with van der Waals surface area (Å²) in [7, 11) is 0. The van der Waals surface area contributed by atoms with Crippen LogP contribution in [-0.2, 0) is 74.4 Å². The van der Waals surface area contributed by atoms with Crippen LogP contribution in [0.3, 0.4) is 0 Å². The zero-order chi connectivity index (χ0) is 45.4. The summed E-state index contributed by atoms with van der Waals surface area (Å²) in [6, 6.07) is -3.46. The Kier molecular flexibility index (Phi) is 27.4. The molecule has 1 rings (SSSR count). The smallest absolute Gasteiger partial charge is 0.756 e. The van der Waals surface area contributed by atoms with Crippen LogP contribution in [0.1, 0.15) is 99.3 Å². The van der Waals surface area contributed by atoms with Gasteiger partial charge in [0.05, 0.1) is 19.8 Å². The van der Waals surface area contributed by atoms with Gasteiger partial charge in [-0.1, -0.05) is 16.7 Å². The number of amides is 6. The van der Waals surface area contributed by atoms with Crippen LogP contribution >= 0.6 is 0 Å². The van der Waals surface area contributed by atoms with E-state index in [4.69, 9.17) is 14.2 Å². The first-order valence-corrected chi connectivity index (χ1v) is 19.5. The third kappa shape index (κ3) is 24.6. The van der Waals surface area contributed by atoms with Gasteiger partial charge < -0.3 is 61.0 Å². The van der Waals surface area contributed by atoms with Gasteiger partial charge in [0.1, 0.15) is 18.1 Å². The van der Waals surface area contributed by atoms with Crippen molar-refractivity contribution >= 4 is 53.4 Å². The largest absolute Gasteiger partial charge is 3.00 e. The van der Waals surface area contributed by atoms with Crippen molar-refractivity contribution in [2.75, 3.05) is 39.5 Å². The molecule has 1 aliphatic heterocycles. The Bertz CT molecular complexity index is 1450. The van der Waals surface area contributed by atoms with Crippen LogP contribution in [-0.4, -0.2) is 126 Å². The number of rotatable bonds is 3. The Hall–Kier alpha value is -5.15. The van der Waals surface area contributed by atoms with Gasteiger partial charge in [0.25, 0.3) is 0 Å². The van der Waals surface area contributed by atoms with Crippen LogP contribution in [0.2, 0.25) is 0 Å². The first kappa shape index (κ1) is 55.8. The molecule has 0 spiro atoms. The van der Waals surface area contributed by atoms with Gasteiger partial charge in [-0.05, 0) is 59.3 Å². The molecule has 0 aromatic carbocycles. The molecule has 1 heterocycles. The fourth-order valence-electron chi connectivity index (χ4n) is 5.44. The van der Waals surface area contributed by atoms with E-state index in [1.165, 1.54) is 41.5 Å². The van der Waals surface area contributed by atoms with E-state index in [0.717, 1.165) is 18.2 Å². The summed E-state index contributed by atoms with van der Waals surface area (Å²) < 4.78 is 15.8. The van der Waals surface area contributed by atoms with Crippen LogP contribution < -0.4 is 16.0 Å². The number of ether oxygens (including phenoxy) is 3. The number of nitrogens with one attached hydrogen (secondary N) is 3. The Morgan fingerprint density at radius 1 is 0.508 bits per heavy atom. The van der Waals surface area contributed by atoms with Crippen molar-refractivity contribution in [2.24, 2.45) is 0 Å². The summed E-state index contributed by atoms with van der Waals surface area (Å²) in [5, 5.41) is 45.2. The average molecular weight is 906 g/mol. The van der Waals surface area contributed by atoms with Crippen molar-refractivity contribution in [3.63, 3.8) is 0 Å². The molecule has 0 saturated carbocycles. The van der Waals surface area contributed by atoms with Crippen LogP contribution in [0.5, 0.6) is 0 Å². The van der Waals surface area contributed by atoms with Crippen LogP contribution in [0.4, 0.5) is 0 Å². The molecular weight excluding hydrogens is 848 g/mol. The minimum absolute atomic E-state index is 0. The molecule has 21 nitrogen and oxygen atoms in total. The quantitative estimate of drug-likeness (QED) is 0.205. The monoisotopic (exact) mass is 905 g/mol. The van der Waals surface area contributed by atoms with E-state index in [1.54, 1.807) is 0 Å². The molecule has 6 amide bonds. The van der Waals surface area contributed by atoms with Crippen LogP contribution in [0, 0.1) is 15.6 Å². The van der Waals surface area contributed by atoms with Crippen molar-refractivity contribution in [3.05, 3.63) is 50.6 Å². The molecule has 1 aliphatic rings. The molecular formula is C39H57FeN6O15. The molecule has 0 aromatic rings. The Labute approximate surface area is 365 Å². The predicted molar refractivity (Wildman–Crippen MR) is 214 cm³/mol. The Morgan fingerprint density at radius 2 is 0.738 bits per heavy atom. The number of nitrogens with zero attached hydrogens (tertiary/aromatic N) is 3. The average Bonchev–Trinajstić information content (AvgIpc) is 3.15. The van der Waals surface area contributed by atoms with Crippen molar-refractivity contribution in [1.29, 1.82) is 0 Å². The van der Waals surface area contributed by atoms with Crippen LogP contribution in [0.15, 0.2) is 34.9 Å². The summed E-state index contributed by atoms with van der Waals surface area (Å²) in [5.74, 6) is -6.86. The van der Waals surface area contributed by atoms with E-state index in [-0.39, 0.29) is 130 Å². The molecule has 0 aromatic heterocycles. The number of cyclic esters (lactones) is 3. The number of carbonyl (C=O) groups is 9. The topological polar surface area (TPSA) is 296 Å². The second-order valence-corrected chi connectivity index (χ2v) is 14.2. The first-order chi connectivity index (χ1) is 28.2. The second-order valence-electron chi connectivity index (χ2n) is 14.2. The fraction of sp³-hybridized carbons (Fsp3) is 0.615. The normalized spacial score (nSPS) is 23.6. The van der Waals surface area contributed by atoms with E-state index in [1.807, 2.05) is 0 Å². The fourth-order valence-corrected chi connectivity index (χ4v) is 5.44. The molecule has 0 fully saturated rings. The number of hydrogen-bond donors (Lipinski definition) is 3.